The number of aliphatic hydroxyl groups is 1. The lowest BCUT2D eigenvalue weighted by Gasteiger charge is -2.45. The Balaban J connectivity index is 1.74. The highest BCUT2D eigenvalue weighted by Crippen LogP contribution is 2.38. The van der Waals surface area contributed by atoms with E-state index in [4.69, 9.17) is 0 Å². The van der Waals surface area contributed by atoms with Gasteiger partial charge in [-0.05, 0) is 32.8 Å². The SMILES string of the molecule is CC1CCC(O)C2(C)CN1C(=O)c1c(O)c(=O)c(C(=O)NCc3ccc(F)cc3F)cn12. The molecule has 3 atom stereocenters. The second kappa shape index (κ2) is 7.70. The molecule has 10 heteroatoms. The fourth-order valence-electron chi connectivity index (χ4n) is 4.42. The second-order valence-corrected chi connectivity index (χ2v) is 8.59. The van der Waals surface area contributed by atoms with E-state index in [2.05, 4.69) is 5.32 Å². The van der Waals surface area contributed by atoms with Crippen molar-refractivity contribution in [1.29, 1.82) is 0 Å². The number of rotatable bonds is 3. The van der Waals surface area contributed by atoms with E-state index < -0.39 is 51.8 Å². The van der Waals surface area contributed by atoms with E-state index in [1.165, 1.54) is 15.5 Å². The number of aliphatic hydroxyl groups excluding tert-OH is 1. The summed E-state index contributed by atoms with van der Waals surface area (Å²) in [7, 11) is 0. The molecule has 3 heterocycles. The Kier molecular flexibility index (Phi) is 5.28. The standard InChI is InChI=1S/C22H23F2N3O5/c1-11-3-6-16(28)22(2)10-26(11)21(32)17-19(30)18(29)14(9-27(17)22)20(31)25-8-12-4-5-13(23)7-15(12)24/h4-5,7,9,11,16,28,30H,3,6,8,10H2,1-2H3,(H,25,31). The van der Waals surface area contributed by atoms with Crippen LogP contribution < -0.4 is 10.7 Å². The summed E-state index contributed by atoms with van der Waals surface area (Å²) in [6, 6.07) is 2.68. The van der Waals surface area contributed by atoms with E-state index >= 15 is 0 Å². The first-order valence-corrected chi connectivity index (χ1v) is 10.2. The summed E-state index contributed by atoms with van der Waals surface area (Å²) in [6.07, 6.45) is 1.19. The lowest BCUT2D eigenvalue weighted by Crippen LogP contribution is -2.58. The fraction of sp³-hybridized carbons (Fsp3) is 0.409. The van der Waals surface area contributed by atoms with Gasteiger partial charge in [0.2, 0.25) is 5.43 Å². The lowest BCUT2D eigenvalue weighted by atomic mass is 9.89. The van der Waals surface area contributed by atoms with Gasteiger partial charge >= 0.3 is 0 Å². The molecule has 3 unspecified atom stereocenters. The van der Waals surface area contributed by atoms with Gasteiger partial charge in [0.25, 0.3) is 11.8 Å². The first-order chi connectivity index (χ1) is 15.0. The van der Waals surface area contributed by atoms with Crippen LogP contribution in [0.2, 0.25) is 0 Å². The van der Waals surface area contributed by atoms with Gasteiger partial charge in [-0.25, -0.2) is 8.78 Å². The van der Waals surface area contributed by atoms with Gasteiger partial charge in [-0.3, -0.25) is 14.4 Å². The second-order valence-electron chi connectivity index (χ2n) is 8.59. The minimum absolute atomic E-state index is 0.00740. The van der Waals surface area contributed by atoms with E-state index in [1.54, 1.807) is 6.92 Å². The first kappa shape index (κ1) is 21.9. The number of carbonyl (C=O) groups is 2. The molecule has 1 aromatic carbocycles. The fourth-order valence-corrected chi connectivity index (χ4v) is 4.42. The number of hydrogen-bond donors (Lipinski definition) is 3. The van der Waals surface area contributed by atoms with Crippen molar-refractivity contribution in [3.63, 3.8) is 0 Å². The van der Waals surface area contributed by atoms with Crippen LogP contribution in [0.25, 0.3) is 0 Å². The Morgan fingerprint density at radius 1 is 1.28 bits per heavy atom. The summed E-state index contributed by atoms with van der Waals surface area (Å²) in [5, 5.41) is 23.8. The predicted octanol–water partition coefficient (Wildman–Crippen LogP) is 1.48. The maximum atomic E-state index is 13.9. The van der Waals surface area contributed by atoms with Crippen molar-refractivity contribution in [3.05, 3.63) is 63.1 Å². The molecule has 2 bridgehead atoms. The molecule has 2 aliphatic rings. The summed E-state index contributed by atoms with van der Waals surface area (Å²) in [5.41, 5.74) is -2.85. The van der Waals surface area contributed by atoms with Gasteiger partial charge in [-0.15, -0.1) is 0 Å². The Morgan fingerprint density at radius 3 is 2.69 bits per heavy atom. The number of aromatic hydroxyl groups is 1. The number of nitrogens with zero attached hydrogens (tertiary/aromatic N) is 2. The third-order valence-corrected chi connectivity index (χ3v) is 6.49. The van der Waals surface area contributed by atoms with Crippen LogP contribution in [-0.4, -0.2) is 50.2 Å². The molecule has 4 rings (SSSR count). The molecule has 1 saturated heterocycles. The van der Waals surface area contributed by atoms with Crippen molar-refractivity contribution in [3.8, 4) is 5.75 Å². The number of amides is 2. The highest BCUT2D eigenvalue weighted by molar-refractivity contribution is 5.99. The summed E-state index contributed by atoms with van der Waals surface area (Å²) in [4.78, 5) is 40.0. The van der Waals surface area contributed by atoms with Gasteiger partial charge in [0.15, 0.2) is 11.4 Å². The Hall–Kier alpha value is -3.27. The molecule has 0 saturated carbocycles. The van der Waals surface area contributed by atoms with Crippen LogP contribution in [0.3, 0.4) is 0 Å². The maximum absolute atomic E-state index is 13.9. The van der Waals surface area contributed by atoms with Crippen LogP contribution in [0.15, 0.2) is 29.2 Å². The molecule has 1 aromatic heterocycles. The molecule has 170 valence electrons. The van der Waals surface area contributed by atoms with Crippen molar-refractivity contribution in [2.45, 2.75) is 50.9 Å². The minimum atomic E-state index is -1.07. The number of aromatic nitrogens is 1. The van der Waals surface area contributed by atoms with Crippen LogP contribution >= 0.6 is 0 Å². The maximum Gasteiger partial charge on any atom is 0.274 e. The molecule has 1 fully saturated rings. The van der Waals surface area contributed by atoms with Crippen molar-refractivity contribution >= 4 is 11.8 Å². The summed E-state index contributed by atoms with van der Waals surface area (Å²) in [5.74, 6) is -3.96. The zero-order valence-corrected chi connectivity index (χ0v) is 17.6. The minimum Gasteiger partial charge on any atom is -0.503 e. The molecule has 2 aliphatic heterocycles. The molecular weight excluding hydrogens is 424 g/mol. The first-order valence-electron chi connectivity index (χ1n) is 10.2. The van der Waals surface area contributed by atoms with Crippen LogP contribution in [-0.2, 0) is 12.1 Å². The quantitative estimate of drug-likeness (QED) is 0.660. The van der Waals surface area contributed by atoms with Crippen LogP contribution in [0.4, 0.5) is 8.78 Å². The third kappa shape index (κ3) is 3.35. The van der Waals surface area contributed by atoms with Crippen molar-refractivity contribution in [1.82, 2.24) is 14.8 Å². The highest BCUT2D eigenvalue weighted by Gasteiger charge is 2.49. The smallest absolute Gasteiger partial charge is 0.274 e. The van der Waals surface area contributed by atoms with Crippen molar-refractivity contribution in [2.75, 3.05) is 6.54 Å². The number of halogens is 2. The van der Waals surface area contributed by atoms with Crippen LogP contribution in [0, 0.1) is 11.6 Å². The number of carbonyl (C=O) groups excluding carboxylic acids is 2. The number of benzene rings is 1. The van der Waals surface area contributed by atoms with E-state index in [-0.39, 0.29) is 30.4 Å². The van der Waals surface area contributed by atoms with Crippen LogP contribution in [0.1, 0.15) is 53.1 Å². The van der Waals surface area contributed by atoms with Gasteiger partial charge in [-0.2, -0.15) is 0 Å². The topological polar surface area (TPSA) is 112 Å². The molecule has 0 radical (unpaired) electrons. The van der Waals surface area contributed by atoms with Gasteiger partial charge in [0.05, 0.1) is 11.6 Å². The zero-order chi connectivity index (χ0) is 23.4. The lowest BCUT2D eigenvalue weighted by molar-refractivity contribution is 0.0109. The number of pyridine rings is 1. The summed E-state index contributed by atoms with van der Waals surface area (Å²) in [6.45, 7) is 3.35. The van der Waals surface area contributed by atoms with Gasteiger partial charge < -0.3 is 25.0 Å². The third-order valence-electron chi connectivity index (χ3n) is 6.49. The van der Waals surface area contributed by atoms with Crippen molar-refractivity contribution < 1.29 is 28.6 Å². The molecule has 2 aromatic rings. The molecule has 0 aliphatic carbocycles. The van der Waals surface area contributed by atoms with Gasteiger partial charge in [0, 0.05) is 37.0 Å². The molecule has 8 nitrogen and oxygen atoms in total. The number of nitrogens with one attached hydrogen (secondary N) is 1. The van der Waals surface area contributed by atoms with E-state index in [1.807, 2.05) is 6.92 Å². The number of fused-ring (bicyclic) bond motifs is 4. The largest absolute Gasteiger partial charge is 0.503 e. The molecule has 3 N–H and O–H groups in total. The Bertz CT molecular complexity index is 1180. The Morgan fingerprint density at radius 2 is 2.00 bits per heavy atom. The van der Waals surface area contributed by atoms with Gasteiger partial charge in [-0.1, -0.05) is 6.07 Å². The van der Waals surface area contributed by atoms with Gasteiger partial charge in [0.1, 0.15) is 17.2 Å². The summed E-state index contributed by atoms with van der Waals surface area (Å²) < 4.78 is 28.2. The molecule has 0 spiro atoms. The van der Waals surface area contributed by atoms with Crippen molar-refractivity contribution in [2.24, 2.45) is 0 Å². The molecule has 32 heavy (non-hydrogen) atoms. The normalized spacial score (nSPS) is 24.7. The van der Waals surface area contributed by atoms with E-state index in [9.17, 15) is 33.4 Å². The summed E-state index contributed by atoms with van der Waals surface area (Å²) >= 11 is 0. The monoisotopic (exact) mass is 447 g/mol. The average Bonchev–Trinajstić information content (AvgIpc) is 2.84. The predicted molar refractivity (Wildman–Crippen MR) is 109 cm³/mol. The average molecular weight is 447 g/mol. The van der Waals surface area contributed by atoms with Crippen LogP contribution in [0.5, 0.6) is 5.75 Å². The zero-order valence-electron chi connectivity index (χ0n) is 17.6. The number of hydrogen-bond acceptors (Lipinski definition) is 5. The van der Waals surface area contributed by atoms with E-state index in [0.717, 1.165) is 12.3 Å². The molecular formula is C22H23F2N3O5. The van der Waals surface area contributed by atoms with E-state index in [0.29, 0.717) is 18.9 Å². The molecule has 2 amide bonds. The highest BCUT2D eigenvalue weighted by atomic mass is 19.1. The Labute approximate surface area is 182 Å².